The fourth-order valence-corrected chi connectivity index (χ4v) is 2.73. The van der Waals surface area contributed by atoms with Gasteiger partial charge >= 0.3 is 0 Å². The SMILES string of the molecule is CCc1nc2c(OC)cccn2c1C(=O)NCc1ccc(Cl)cc1. The molecule has 0 aliphatic rings. The lowest BCUT2D eigenvalue weighted by molar-refractivity contribution is 0.0944. The highest BCUT2D eigenvalue weighted by molar-refractivity contribution is 6.30. The Kier molecular flexibility index (Phi) is 4.71. The molecule has 0 atom stereocenters. The molecule has 3 aromatic rings. The Morgan fingerprint density at radius 2 is 2.04 bits per heavy atom. The van der Waals surface area contributed by atoms with Crippen molar-refractivity contribution in [3.63, 3.8) is 0 Å². The maximum atomic E-state index is 12.7. The van der Waals surface area contributed by atoms with Gasteiger partial charge in [0.15, 0.2) is 11.4 Å². The summed E-state index contributed by atoms with van der Waals surface area (Å²) < 4.78 is 7.11. The number of hydrogen-bond acceptors (Lipinski definition) is 3. The van der Waals surface area contributed by atoms with Crippen molar-refractivity contribution in [1.29, 1.82) is 0 Å². The molecule has 1 amide bonds. The van der Waals surface area contributed by atoms with Gasteiger partial charge < -0.3 is 10.1 Å². The van der Waals surface area contributed by atoms with Gasteiger partial charge in [0.1, 0.15) is 5.69 Å². The second-order valence-electron chi connectivity index (χ2n) is 5.34. The van der Waals surface area contributed by atoms with Gasteiger partial charge in [-0.25, -0.2) is 4.98 Å². The molecule has 0 aliphatic heterocycles. The summed E-state index contributed by atoms with van der Waals surface area (Å²) >= 11 is 5.88. The van der Waals surface area contributed by atoms with E-state index in [1.807, 2.05) is 37.4 Å². The second-order valence-corrected chi connectivity index (χ2v) is 5.78. The third-order valence-corrected chi connectivity index (χ3v) is 4.07. The predicted octanol–water partition coefficient (Wildman–Crippen LogP) is 3.49. The van der Waals surface area contributed by atoms with Crippen LogP contribution in [0.15, 0.2) is 42.6 Å². The Bertz CT molecular complexity index is 872. The molecule has 1 N–H and O–H groups in total. The van der Waals surface area contributed by atoms with Crippen LogP contribution >= 0.6 is 11.6 Å². The average molecular weight is 344 g/mol. The molecule has 24 heavy (non-hydrogen) atoms. The number of fused-ring (bicyclic) bond motifs is 1. The third-order valence-electron chi connectivity index (χ3n) is 3.82. The molecule has 2 heterocycles. The van der Waals surface area contributed by atoms with Crippen LogP contribution in [0.5, 0.6) is 5.75 Å². The van der Waals surface area contributed by atoms with Gasteiger partial charge in [0.25, 0.3) is 5.91 Å². The maximum Gasteiger partial charge on any atom is 0.270 e. The van der Waals surface area contributed by atoms with Crippen LogP contribution in [0.1, 0.15) is 28.7 Å². The smallest absolute Gasteiger partial charge is 0.270 e. The molecule has 0 bridgehead atoms. The zero-order valence-electron chi connectivity index (χ0n) is 13.5. The second kappa shape index (κ2) is 6.93. The Morgan fingerprint density at radius 1 is 1.29 bits per heavy atom. The van der Waals surface area contributed by atoms with Crippen LogP contribution < -0.4 is 10.1 Å². The lowest BCUT2D eigenvalue weighted by Crippen LogP contribution is -2.25. The topological polar surface area (TPSA) is 55.6 Å². The van der Waals surface area contributed by atoms with Gasteiger partial charge in [-0.1, -0.05) is 30.7 Å². The number of carbonyl (C=O) groups is 1. The minimum atomic E-state index is -0.164. The van der Waals surface area contributed by atoms with Gasteiger partial charge in [0.2, 0.25) is 0 Å². The summed E-state index contributed by atoms with van der Waals surface area (Å²) in [6.45, 7) is 2.40. The molecular formula is C18H18ClN3O2. The van der Waals surface area contributed by atoms with E-state index in [4.69, 9.17) is 16.3 Å². The normalized spacial score (nSPS) is 10.8. The number of ether oxygens (including phenoxy) is 1. The quantitative estimate of drug-likeness (QED) is 0.771. The van der Waals surface area contributed by atoms with Crippen LogP contribution in [-0.2, 0) is 13.0 Å². The standard InChI is InChI=1S/C18H18ClN3O2/c1-3-14-16(22-10-4-5-15(24-2)17(22)21-14)18(23)20-11-12-6-8-13(19)9-7-12/h4-10H,3,11H2,1-2H3,(H,20,23). The highest BCUT2D eigenvalue weighted by Gasteiger charge is 2.19. The van der Waals surface area contributed by atoms with Crippen molar-refractivity contribution in [3.05, 3.63) is 64.6 Å². The van der Waals surface area contributed by atoms with Gasteiger partial charge in [0, 0.05) is 17.8 Å². The van der Waals surface area contributed by atoms with Crippen LogP contribution in [0.2, 0.25) is 5.02 Å². The number of amides is 1. The number of benzene rings is 1. The molecule has 0 aliphatic carbocycles. The van der Waals surface area contributed by atoms with Gasteiger partial charge in [-0.2, -0.15) is 0 Å². The predicted molar refractivity (Wildman–Crippen MR) is 93.7 cm³/mol. The Morgan fingerprint density at radius 3 is 2.71 bits per heavy atom. The monoisotopic (exact) mass is 343 g/mol. The fourth-order valence-electron chi connectivity index (χ4n) is 2.60. The molecule has 3 rings (SSSR count). The largest absolute Gasteiger partial charge is 0.493 e. The summed E-state index contributed by atoms with van der Waals surface area (Å²) in [7, 11) is 1.59. The fraction of sp³-hybridized carbons (Fsp3) is 0.222. The third kappa shape index (κ3) is 3.08. The molecule has 124 valence electrons. The van der Waals surface area contributed by atoms with E-state index in [0.29, 0.717) is 35.1 Å². The minimum absolute atomic E-state index is 0.164. The molecule has 0 spiro atoms. The molecular weight excluding hydrogens is 326 g/mol. The number of halogens is 1. The number of nitrogens with zero attached hydrogens (tertiary/aromatic N) is 2. The molecule has 0 saturated carbocycles. The van der Waals surface area contributed by atoms with E-state index in [1.54, 1.807) is 23.6 Å². The van der Waals surface area contributed by atoms with Gasteiger partial charge in [-0.15, -0.1) is 0 Å². The summed E-state index contributed by atoms with van der Waals surface area (Å²) in [5.74, 6) is 0.478. The maximum absolute atomic E-state index is 12.7. The number of rotatable bonds is 5. The number of nitrogens with one attached hydrogen (secondary N) is 1. The van der Waals surface area contributed by atoms with Crippen LogP contribution in [0, 0.1) is 0 Å². The van der Waals surface area contributed by atoms with E-state index in [9.17, 15) is 4.79 Å². The lowest BCUT2D eigenvalue weighted by Gasteiger charge is -2.07. The van der Waals surface area contributed by atoms with Crippen LogP contribution in [0.4, 0.5) is 0 Å². The molecule has 6 heteroatoms. The van der Waals surface area contributed by atoms with Crippen LogP contribution in [0.25, 0.3) is 5.65 Å². The average Bonchev–Trinajstić information content (AvgIpc) is 2.99. The molecule has 0 unspecified atom stereocenters. The van der Waals surface area contributed by atoms with Crippen molar-refractivity contribution in [3.8, 4) is 5.75 Å². The van der Waals surface area contributed by atoms with Crippen molar-refractivity contribution >= 4 is 23.2 Å². The van der Waals surface area contributed by atoms with Crippen molar-refractivity contribution in [2.75, 3.05) is 7.11 Å². The summed E-state index contributed by atoms with van der Waals surface area (Å²) in [5, 5.41) is 3.61. The molecule has 1 aromatic carbocycles. The summed E-state index contributed by atoms with van der Waals surface area (Å²) in [4.78, 5) is 17.2. The van der Waals surface area contributed by atoms with E-state index in [0.717, 1.165) is 11.3 Å². The van der Waals surface area contributed by atoms with Crippen molar-refractivity contribution in [2.24, 2.45) is 0 Å². The van der Waals surface area contributed by atoms with Gasteiger partial charge in [0.05, 0.1) is 12.8 Å². The lowest BCUT2D eigenvalue weighted by atomic mass is 10.2. The number of methoxy groups -OCH3 is 1. The van der Waals surface area contributed by atoms with Crippen molar-refractivity contribution in [1.82, 2.24) is 14.7 Å². The molecule has 2 aromatic heterocycles. The van der Waals surface area contributed by atoms with Gasteiger partial charge in [-0.05, 0) is 36.2 Å². The first-order valence-electron chi connectivity index (χ1n) is 7.70. The van der Waals surface area contributed by atoms with E-state index >= 15 is 0 Å². The first-order chi connectivity index (χ1) is 11.6. The number of aromatic nitrogens is 2. The zero-order chi connectivity index (χ0) is 17.1. The Balaban J connectivity index is 1.90. The van der Waals surface area contributed by atoms with Crippen LogP contribution in [-0.4, -0.2) is 22.4 Å². The molecule has 5 nitrogen and oxygen atoms in total. The Labute approximate surface area is 145 Å². The van der Waals surface area contributed by atoms with E-state index in [1.165, 1.54) is 0 Å². The van der Waals surface area contributed by atoms with E-state index in [2.05, 4.69) is 10.3 Å². The number of aryl methyl sites for hydroxylation is 1. The summed E-state index contributed by atoms with van der Waals surface area (Å²) in [5.41, 5.74) is 2.92. The van der Waals surface area contributed by atoms with E-state index < -0.39 is 0 Å². The molecule has 0 fully saturated rings. The van der Waals surface area contributed by atoms with Crippen LogP contribution in [0.3, 0.4) is 0 Å². The number of carbonyl (C=O) groups excluding carboxylic acids is 1. The molecule has 0 saturated heterocycles. The zero-order valence-corrected chi connectivity index (χ0v) is 14.3. The minimum Gasteiger partial charge on any atom is -0.493 e. The summed E-state index contributed by atoms with van der Waals surface area (Å²) in [6, 6.07) is 11.1. The summed E-state index contributed by atoms with van der Waals surface area (Å²) in [6.07, 6.45) is 2.48. The number of hydrogen-bond donors (Lipinski definition) is 1. The number of pyridine rings is 1. The molecule has 0 radical (unpaired) electrons. The van der Waals surface area contributed by atoms with E-state index in [-0.39, 0.29) is 5.91 Å². The first kappa shape index (κ1) is 16.3. The highest BCUT2D eigenvalue weighted by Crippen LogP contribution is 2.22. The van der Waals surface area contributed by atoms with Crippen molar-refractivity contribution < 1.29 is 9.53 Å². The Hall–Kier alpha value is -2.53. The number of imidazole rings is 1. The first-order valence-corrected chi connectivity index (χ1v) is 8.08. The van der Waals surface area contributed by atoms with Crippen molar-refractivity contribution in [2.45, 2.75) is 19.9 Å². The highest BCUT2D eigenvalue weighted by atomic mass is 35.5. The van der Waals surface area contributed by atoms with Gasteiger partial charge in [-0.3, -0.25) is 9.20 Å².